The average Bonchev–Trinajstić information content (AvgIpc) is 3.26. The number of benzene rings is 1. The lowest BCUT2D eigenvalue weighted by Gasteiger charge is -2.06. The third kappa shape index (κ3) is 4.13. The summed E-state index contributed by atoms with van der Waals surface area (Å²) in [4.78, 5) is 12.1. The second kappa shape index (κ2) is 7.99. The minimum absolute atomic E-state index is 0.159. The van der Waals surface area contributed by atoms with E-state index in [2.05, 4.69) is 25.2 Å². The van der Waals surface area contributed by atoms with Gasteiger partial charge in [0.25, 0.3) is 0 Å². The van der Waals surface area contributed by atoms with E-state index in [1.165, 1.54) is 12.5 Å². The van der Waals surface area contributed by atoms with E-state index >= 15 is 0 Å². The van der Waals surface area contributed by atoms with E-state index in [-0.39, 0.29) is 5.91 Å². The maximum Gasteiger partial charge on any atom is 0.244 e. The van der Waals surface area contributed by atoms with Crippen molar-refractivity contribution in [3.63, 3.8) is 0 Å². The lowest BCUT2D eigenvalue weighted by molar-refractivity contribution is -0.116. The highest BCUT2D eigenvalue weighted by atomic mass is 16.1. The van der Waals surface area contributed by atoms with E-state index in [1.807, 2.05) is 36.5 Å². The van der Waals surface area contributed by atoms with Gasteiger partial charge in [-0.1, -0.05) is 24.6 Å². The average molecular weight is 362 g/mol. The number of hydrogen-bond acceptors (Lipinski definition) is 4. The highest BCUT2D eigenvalue weighted by Crippen LogP contribution is 2.14. The Labute approximate surface area is 157 Å². The molecule has 0 radical (unpaired) electrons. The van der Waals surface area contributed by atoms with E-state index in [9.17, 15) is 4.79 Å². The van der Waals surface area contributed by atoms with Gasteiger partial charge in [0.2, 0.25) is 5.91 Å². The smallest absolute Gasteiger partial charge is 0.244 e. The summed E-state index contributed by atoms with van der Waals surface area (Å²) in [6.07, 6.45) is 11.4. The van der Waals surface area contributed by atoms with Crippen LogP contribution < -0.4 is 5.32 Å². The zero-order chi connectivity index (χ0) is 18.5. The summed E-state index contributed by atoms with van der Waals surface area (Å²) in [6.45, 7) is 1.32. The van der Waals surface area contributed by atoms with Gasteiger partial charge in [0.05, 0.1) is 18.4 Å². The first-order valence-electron chi connectivity index (χ1n) is 9.26. The van der Waals surface area contributed by atoms with Crippen molar-refractivity contribution in [3.05, 3.63) is 66.0 Å². The first-order chi connectivity index (χ1) is 13.3. The molecule has 1 aliphatic heterocycles. The highest BCUT2D eigenvalue weighted by molar-refractivity contribution is 5.91. The van der Waals surface area contributed by atoms with Crippen LogP contribution in [0, 0.1) is 0 Å². The van der Waals surface area contributed by atoms with Gasteiger partial charge in [-0.2, -0.15) is 5.10 Å². The van der Waals surface area contributed by atoms with Crippen LogP contribution >= 0.6 is 0 Å². The number of nitrogens with one attached hydrogen (secondary N) is 1. The summed E-state index contributed by atoms with van der Waals surface area (Å²) in [5, 5.41) is 15.7. The quantitative estimate of drug-likeness (QED) is 0.708. The first kappa shape index (κ1) is 17.2. The monoisotopic (exact) mass is 362 g/mol. The largest absolute Gasteiger partial charge is 0.345 e. The zero-order valence-corrected chi connectivity index (χ0v) is 15.1. The van der Waals surface area contributed by atoms with Gasteiger partial charge in [-0.25, -0.2) is 4.68 Å². The van der Waals surface area contributed by atoms with Crippen LogP contribution in [0.25, 0.3) is 11.8 Å². The zero-order valence-electron chi connectivity index (χ0n) is 15.1. The molecule has 0 saturated heterocycles. The third-order valence-corrected chi connectivity index (χ3v) is 4.66. The van der Waals surface area contributed by atoms with Gasteiger partial charge >= 0.3 is 0 Å². The lowest BCUT2D eigenvalue weighted by Crippen LogP contribution is -2.23. The van der Waals surface area contributed by atoms with Crippen molar-refractivity contribution < 1.29 is 4.79 Å². The Morgan fingerprint density at radius 3 is 2.93 bits per heavy atom. The number of amides is 1. The maximum absolute atomic E-state index is 12.1. The number of carbonyl (C=O) groups is 1. The van der Waals surface area contributed by atoms with Crippen LogP contribution in [0.5, 0.6) is 0 Å². The Bertz CT molecular complexity index is 941. The van der Waals surface area contributed by atoms with Gasteiger partial charge in [0, 0.05) is 30.8 Å². The molecule has 1 aromatic carbocycles. The summed E-state index contributed by atoms with van der Waals surface area (Å²) in [7, 11) is 0. The van der Waals surface area contributed by atoms with Crippen molar-refractivity contribution >= 4 is 12.0 Å². The predicted molar refractivity (Wildman–Crippen MR) is 102 cm³/mol. The Hall–Kier alpha value is -3.22. The molecule has 0 fully saturated rings. The molecule has 1 amide bonds. The number of aryl methyl sites for hydroxylation is 1. The van der Waals surface area contributed by atoms with Crippen LogP contribution in [0.3, 0.4) is 0 Å². The Kier molecular flexibility index (Phi) is 5.09. The third-order valence-electron chi connectivity index (χ3n) is 4.66. The summed E-state index contributed by atoms with van der Waals surface area (Å²) >= 11 is 0. The second-order valence-corrected chi connectivity index (χ2v) is 6.60. The number of carbonyl (C=O) groups excluding carboxylic acids is 1. The minimum Gasteiger partial charge on any atom is -0.345 e. The van der Waals surface area contributed by atoms with Crippen molar-refractivity contribution in [2.24, 2.45) is 0 Å². The van der Waals surface area contributed by atoms with Crippen LogP contribution in [-0.2, 0) is 24.3 Å². The van der Waals surface area contributed by atoms with E-state index < -0.39 is 0 Å². The molecule has 27 heavy (non-hydrogen) atoms. The number of para-hydroxylation sites is 1. The molecule has 1 aliphatic rings. The fourth-order valence-electron chi connectivity index (χ4n) is 3.22. The summed E-state index contributed by atoms with van der Waals surface area (Å²) < 4.78 is 3.92. The van der Waals surface area contributed by atoms with Crippen molar-refractivity contribution in [1.82, 2.24) is 29.9 Å². The Balaban J connectivity index is 1.35. The van der Waals surface area contributed by atoms with Crippen molar-refractivity contribution in [1.29, 1.82) is 0 Å². The SMILES string of the molecule is O=C(/C=C/c1cnn(-c2ccccc2)c1)NCc1nnc2n1CCCCC2. The number of fused-ring (bicyclic) bond motifs is 1. The van der Waals surface area contributed by atoms with Crippen LogP contribution in [0.2, 0.25) is 0 Å². The van der Waals surface area contributed by atoms with Crippen LogP contribution in [-0.4, -0.2) is 30.5 Å². The van der Waals surface area contributed by atoms with E-state index in [4.69, 9.17) is 0 Å². The highest BCUT2D eigenvalue weighted by Gasteiger charge is 2.14. The van der Waals surface area contributed by atoms with Crippen molar-refractivity contribution in [2.45, 2.75) is 38.8 Å². The predicted octanol–water partition coefficient (Wildman–Crippen LogP) is 2.52. The van der Waals surface area contributed by atoms with Gasteiger partial charge < -0.3 is 9.88 Å². The molecule has 4 rings (SSSR count). The number of rotatable bonds is 5. The molecule has 0 saturated carbocycles. The molecule has 0 atom stereocenters. The molecule has 0 spiro atoms. The molecule has 138 valence electrons. The molecule has 7 heteroatoms. The fraction of sp³-hybridized carbons (Fsp3) is 0.300. The van der Waals surface area contributed by atoms with Crippen LogP contribution in [0.4, 0.5) is 0 Å². The van der Waals surface area contributed by atoms with Crippen molar-refractivity contribution in [3.8, 4) is 5.69 Å². The Morgan fingerprint density at radius 1 is 1.15 bits per heavy atom. The van der Waals surface area contributed by atoms with Gasteiger partial charge in [0.1, 0.15) is 5.82 Å². The Morgan fingerprint density at radius 2 is 2.04 bits per heavy atom. The van der Waals surface area contributed by atoms with Gasteiger partial charge in [-0.15, -0.1) is 10.2 Å². The number of aromatic nitrogens is 5. The molecule has 0 bridgehead atoms. The molecule has 3 aromatic rings. The van der Waals surface area contributed by atoms with Gasteiger partial charge in [-0.3, -0.25) is 4.79 Å². The molecule has 1 N–H and O–H groups in total. The molecule has 2 aromatic heterocycles. The summed E-state index contributed by atoms with van der Waals surface area (Å²) in [5.74, 6) is 1.69. The molecular weight excluding hydrogens is 340 g/mol. The van der Waals surface area contributed by atoms with Gasteiger partial charge in [-0.05, 0) is 31.1 Å². The summed E-state index contributed by atoms with van der Waals surface area (Å²) in [5.41, 5.74) is 1.85. The maximum atomic E-state index is 12.1. The molecule has 7 nitrogen and oxygen atoms in total. The van der Waals surface area contributed by atoms with E-state index in [0.29, 0.717) is 6.54 Å². The lowest BCUT2D eigenvalue weighted by atomic mass is 10.2. The molecule has 3 heterocycles. The first-order valence-corrected chi connectivity index (χ1v) is 9.26. The van der Waals surface area contributed by atoms with Gasteiger partial charge in [0.15, 0.2) is 5.82 Å². The fourth-order valence-corrected chi connectivity index (χ4v) is 3.22. The summed E-state index contributed by atoms with van der Waals surface area (Å²) in [6, 6.07) is 9.85. The topological polar surface area (TPSA) is 77.6 Å². The minimum atomic E-state index is -0.159. The molecule has 0 unspecified atom stereocenters. The molecule has 0 aliphatic carbocycles. The number of nitrogens with zero attached hydrogens (tertiary/aromatic N) is 5. The standard InChI is InChI=1S/C20H22N6O/c27-20(21-14-19-24-23-18-9-5-2-6-12-25(18)19)11-10-16-13-22-26(15-16)17-7-3-1-4-8-17/h1,3-4,7-8,10-11,13,15H,2,5-6,9,12,14H2,(H,21,27)/b11-10+. The van der Waals surface area contributed by atoms with Crippen molar-refractivity contribution in [2.75, 3.05) is 0 Å². The normalized spacial score (nSPS) is 14.1. The van der Waals surface area contributed by atoms with E-state index in [1.54, 1.807) is 17.0 Å². The molecular formula is C20H22N6O. The van der Waals surface area contributed by atoms with Crippen LogP contribution in [0.1, 0.15) is 36.5 Å². The van der Waals surface area contributed by atoms with Crippen LogP contribution in [0.15, 0.2) is 48.8 Å². The number of hydrogen-bond donors (Lipinski definition) is 1. The van der Waals surface area contributed by atoms with E-state index in [0.717, 1.165) is 48.7 Å². The second-order valence-electron chi connectivity index (χ2n) is 6.60.